The molecule has 2 fully saturated rings. The predicted octanol–water partition coefficient (Wildman–Crippen LogP) is 3.15. The standard InChI is InChI=1S/C17H20FNO2/c1-16(2)7-4-8-17(16)10-13(20)19-15(21)14(17)11-5-3-6-12(18)9-11/h3,5-6,9,14H,4,7-8,10H2,1-2H3,(H,19,20,21). The van der Waals surface area contributed by atoms with E-state index >= 15 is 0 Å². The fraction of sp³-hybridized carbons (Fsp3) is 0.529. The zero-order valence-electron chi connectivity index (χ0n) is 12.4. The number of rotatable bonds is 1. The van der Waals surface area contributed by atoms with Crippen LogP contribution in [0.1, 0.15) is 51.0 Å². The van der Waals surface area contributed by atoms with Crippen LogP contribution in [0.5, 0.6) is 0 Å². The van der Waals surface area contributed by atoms with Crippen LogP contribution in [0.15, 0.2) is 24.3 Å². The highest BCUT2D eigenvalue weighted by Gasteiger charge is 2.59. The zero-order valence-corrected chi connectivity index (χ0v) is 12.4. The summed E-state index contributed by atoms with van der Waals surface area (Å²) in [6, 6.07) is 6.22. The van der Waals surface area contributed by atoms with Gasteiger partial charge in [0, 0.05) is 6.42 Å². The van der Waals surface area contributed by atoms with E-state index in [-0.39, 0.29) is 23.0 Å². The number of nitrogens with one attached hydrogen (secondary N) is 1. The quantitative estimate of drug-likeness (QED) is 0.807. The van der Waals surface area contributed by atoms with Crippen LogP contribution in [-0.4, -0.2) is 11.8 Å². The van der Waals surface area contributed by atoms with Crippen LogP contribution < -0.4 is 5.32 Å². The number of carbonyl (C=O) groups is 2. The summed E-state index contributed by atoms with van der Waals surface area (Å²) in [5.74, 6) is -1.29. The van der Waals surface area contributed by atoms with Gasteiger partial charge in [-0.3, -0.25) is 14.9 Å². The first-order valence-electron chi connectivity index (χ1n) is 7.45. The van der Waals surface area contributed by atoms with Gasteiger partial charge in [-0.15, -0.1) is 0 Å². The molecule has 2 unspecified atom stereocenters. The van der Waals surface area contributed by atoms with Gasteiger partial charge in [0.25, 0.3) is 0 Å². The summed E-state index contributed by atoms with van der Waals surface area (Å²) in [7, 11) is 0. The van der Waals surface area contributed by atoms with Gasteiger partial charge >= 0.3 is 0 Å². The molecule has 1 aliphatic carbocycles. The molecular weight excluding hydrogens is 269 g/mol. The summed E-state index contributed by atoms with van der Waals surface area (Å²) < 4.78 is 13.6. The Bertz CT molecular complexity index is 611. The van der Waals surface area contributed by atoms with Crippen molar-refractivity contribution in [2.24, 2.45) is 10.8 Å². The third-order valence-electron chi connectivity index (χ3n) is 5.51. The normalized spacial score (nSPS) is 31.5. The number of amides is 2. The molecule has 3 rings (SSSR count). The second-order valence-corrected chi connectivity index (χ2v) is 6.97. The maximum absolute atomic E-state index is 13.6. The fourth-order valence-corrected chi connectivity index (χ4v) is 4.35. The Kier molecular flexibility index (Phi) is 3.15. The Morgan fingerprint density at radius 2 is 2.00 bits per heavy atom. The van der Waals surface area contributed by atoms with Crippen LogP contribution >= 0.6 is 0 Å². The first-order chi connectivity index (χ1) is 9.86. The summed E-state index contributed by atoms with van der Waals surface area (Å²) in [5, 5.41) is 2.44. The zero-order chi connectivity index (χ0) is 15.3. The second-order valence-electron chi connectivity index (χ2n) is 6.97. The maximum atomic E-state index is 13.6. The van der Waals surface area contributed by atoms with Gasteiger partial charge in [0.2, 0.25) is 11.8 Å². The van der Waals surface area contributed by atoms with Gasteiger partial charge in [-0.05, 0) is 41.4 Å². The summed E-state index contributed by atoms with van der Waals surface area (Å²) in [4.78, 5) is 24.5. The molecule has 3 nitrogen and oxygen atoms in total. The molecule has 1 saturated heterocycles. The van der Waals surface area contributed by atoms with E-state index in [1.165, 1.54) is 12.1 Å². The molecule has 2 amide bonds. The minimum Gasteiger partial charge on any atom is -0.296 e. The Hall–Kier alpha value is -1.71. The Labute approximate surface area is 123 Å². The first kappa shape index (κ1) is 14.2. The average molecular weight is 289 g/mol. The first-order valence-corrected chi connectivity index (χ1v) is 7.45. The van der Waals surface area contributed by atoms with Gasteiger partial charge in [-0.1, -0.05) is 32.4 Å². The van der Waals surface area contributed by atoms with Gasteiger partial charge in [-0.25, -0.2) is 4.39 Å². The molecule has 1 heterocycles. The number of carbonyl (C=O) groups excluding carboxylic acids is 2. The van der Waals surface area contributed by atoms with Gasteiger partial charge in [0.15, 0.2) is 0 Å². The van der Waals surface area contributed by atoms with Gasteiger partial charge in [-0.2, -0.15) is 0 Å². The summed E-state index contributed by atoms with van der Waals surface area (Å²) >= 11 is 0. The van der Waals surface area contributed by atoms with Crippen LogP contribution in [0.2, 0.25) is 0 Å². The van der Waals surface area contributed by atoms with Crippen LogP contribution in [0.3, 0.4) is 0 Å². The SMILES string of the molecule is CC1(C)CCCC12CC(=O)NC(=O)C2c1cccc(F)c1. The van der Waals surface area contributed by atoms with Crippen molar-refractivity contribution in [2.75, 3.05) is 0 Å². The van der Waals surface area contributed by atoms with Crippen molar-refractivity contribution in [3.05, 3.63) is 35.6 Å². The molecule has 2 atom stereocenters. The van der Waals surface area contributed by atoms with E-state index < -0.39 is 11.3 Å². The lowest BCUT2D eigenvalue weighted by Crippen LogP contribution is -2.54. The van der Waals surface area contributed by atoms with Crippen molar-refractivity contribution < 1.29 is 14.0 Å². The number of imide groups is 1. The van der Waals surface area contributed by atoms with E-state index in [9.17, 15) is 14.0 Å². The lowest BCUT2D eigenvalue weighted by molar-refractivity contribution is -0.144. The van der Waals surface area contributed by atoms with E-state index in [2.05, 4.69) is 19.2 Å². The maximum Gasteiger partial charge on any atom is 0.234 e. The van der Waals surface area contributed by atoms with E-state index in [0.717, 1.165) is 19.3 Å². The van der Waals surface area contributed by atoms with Crippen molar-refractivity contribution in [2.45, 2.75) is 45.4 Å². The monoisotopic (exact) mass is 289 g/mol. The van der Waals surface area contributed by atoms with Crippen molar-refractivity contribution in [3.63, 3.8) is 0 Å². The van der Waals surface area contributed by atoms with Crippen LogP contribution in [0.25, 0.3) is 0 Å². The molecule has 1 N–H and O–H groups in total. The van der Waals surface area contributed by atoms with Gasteiger partial charge in [0.1, 0.15) is 5.82 Å². The van der Waals surface area contributed by atoms with Crippen LogP contribution in [-0.2, 0) is 9.59 Å². The summed E-state index contributed by atoms with van der Waals surface area (Å²) in [5.41, 5.74) is 0.160. The Morgan fingerprint density at radius 3 is 2.62 bits per heavy atom. The largest absolute Gasteiger partial charge is 0.296 e. The lowest BCUT2D eigenvalue weighted by atomic mass is 9.56. The fourth-order valence-electron chi connectivity index (χ4n) is 4.35. The molecule has 112 valence electrons. The van der Waals surface area contributed by atoms with Crippen molar-refractivity contribution in [1.29, 1.82) is 0 Å². The van der Waals surface area contributed by atoms with E-state index in [1.54, 1.807) is 12.1 Å². The minimum absolute atomic E-state index is 0.114. The Balaban J connectivity index is 2.14. The molecule has 0 aromatic heterocycles. The highest BCUT2D eigenvalue weighted by molar-refractivity contribution is 6.02. The van der Waals surface area contributed by atoms with Crippen molar-refractivity contribution >= 4 is 11.8 Å². The highest BCUT2D eigenvalue weighted by Crippen LogP contribution is 2.62. The van der Waals surface area contributed by atoms with Crippen molar-refractivity contribution in [3.8, 4) is 0 Å². The molecule has 1 aromatic rings. The summed E-state index contributed by atoms with van der Waals surface area (Å²) in [6.07, 6.45) is 3.16. The lowest BCUT2D eigenvalue weighted by Gasteiger charge is -2.48. The molecule has 4 heteroatoms. The molecular formula is C17H20FNO2. The number of piperidine rings is 1. The predicted molar refractivity (Wildman–Crippen MR) is 77.0 cm³/mol. The second kappa shape index (κ2) is 4.65. The number of hydrogen-bond donors (Lipinski definition) is 1. The third-order valence-corrected chi connectivity index (χ3v) is 5.51. The van der Waals surface area contributed by atoms with Gasteiger partial charge < -0.3 is 0 Å². The number of halogens is 1. The smallest absolute Gasteiger partial charge is 0.234 e. The van der Waals surface area contributed by atoms with Gasteiger partial charge in [0.05, 0.1) is 5.92 Å². The molecule has 1 spiro atoms. The third kappa shape index (κ3) is 2.08. The molecule has 0 radical (unpaired) electrons. The number of hydrogen-bond acceptors (Lipinski definition) is 2. The topological polar surface area (TPSA) is 46.2 Å². The Morgan fingerprint density at radius 1 is 1.24 bits per heavy atom. The molecule has 0 bridgehead atoms. The van der Waals surface area contributed by atoms with E-state index in [0.29, 0.717) is 12.0 Å². The molecule has 21 heavy (non-hydrogen) atoms. The van der Waals surface area contributed by atoms with Crippen LogP contribution in [0.4, 0.5) is 4.39 Å². The highest BCUT2D eigenvalue weighted by atomic mass is 19.1. The van der Waals surface area contributed by atoms with E-state index in [4.69, 9.17) is 0 Å². The molecule has 2 aliphatic rings. The van der Waals surface area contributed by atoms with Crippen molar-refractivity contribution in [1.82, 2.24) is 5.32 Å². The minimum atomic E-state index is -0.455. The molecule has 1 aliphatic heterocycles. The molecule has 1 aromatic carbocycles. The average Bonchev–Trinajstić information content (AvgIpc) is 2.64. The van der Waals surface area contributed by atoms with E-state index in [1.807, 2.05) is 0 Å². The number of benzene rings is 1. The molecule has 1 saturated carbocycles. The summed E-state index contributed by atoms with van der Waals surface area (Å²) in [6.45, 7) is 4.25. The van der Waals surface area contributed by atoms with Crippen LogP contribution in [0, 0.1) is 16.6 Å².